The summed E-state index contributed by atoms with van der Waals surface area (Å²) in [6.07, 6.45) is 2.25. The van der Waals surface area contributed by atoms with Gasteiger partial charge in [-0.15, -0.1) is 0 Å². The third-order valence-electron chi connectivity index (χ3n) is 3.84. The molecule has 0 aromatic heterocycles. The van der Waals surface area contributed by atoms with Crippen LogP contribution in [0.25, 0.3) is 0 Å². The second-order valence-electron chi connectivity index (χ2n) is 5.74. The Morgan fingerprint density at radius 1 is 1.35 bits per heavy atom. The van der Waals surface area contributed by atoms with Crippen molar-refractivity contribution in [3.63, 3.8) is 0 Å². The lowest BCUT2D eigenvalue weighted by atomic mass is 10.1. The zero-order chi connectivity index (χ0) is 14.5. The molecule has 0 atom stereocenters. The van der Waals surface area contributed by atoms with Crippen molar-refractivity contribution in [2.75, 3.05) is 25.1 Å². The molecule has 3 nitrogen and oxygen atoms in total. The molecule has 2 rings (SSSR count). The largest absolute Gasteiger partial charge is 0.381 e. The Kier molecular flexibility index (Phi) is 5.38. The Hall–Kier alpha value is -1.13. The summed E-state index contributed by atoms with van der Waals surface area (Å²) in [5, 5.41) is 3.30. The minimum atomic E-state index is -0.121. The lowest BCUT2D eigenvalue weighted by Crippen LogP contribution is -2.37. The van der Waals surface area contributed by atoms with Gasteiger partial charge in [-0.05, 0) is 30.5 Å². The fourth-order valence-corrected chi connectivity index (χ4v) is 2.57. The smallest absolute Gasteiger partial charge is 0.146 e. The highest BCUT2D eigenvalue weighted by Crippen LogP contribution is 2.25. The van der Waals surface area contributed by atoms with E-state index in [1.54, 1.807) is 13.2 Å². The van der Waals surface area contributed by atoms with Crippen LogP contribution in [-0.2, 0) is 11.3 Å². The number of methoxy groups -OCH3 is 1. The van der Waals surface area contributed by atoms with E-state index < -0.39 is 0 Å². The average molecular weight is 280 g/mol. The van der Waals surface area contributed by atoms with Crippen LogP contribution >= 0.6 is 0 Å². The van der Waals surface area contributed by atoms with Gasteiger partial charge in [-0.3, -0.25) is 0 Å². The molecule has 1 aromatic rings. The molecule has 112 valence electrons. The maximum absolute atomic E-state index is 14.2. The molecule has 1 aliphatic rings. The number of benzene rings is 1. The molecule has 1 aromatic carbocycles. The third-order valence-corrected chi connectivity index (χ3v) is 3.84. The summed E-state index contributed by atoms with van der Waals surface area (Å²) in [4.78, 5) is 2.12. The van der Waals surface area contributed by atoms with E-state index in [1.165, 1.54) is 0 Å². The minimum Gasteiger partial charge on any atom is -0.381 e. The molecular weight excluding hydrogens is 255 g/mol. The molecule has 0 aliphatic carbocycles. The number of hydrogen-bond acceptors (Lipinski definition) is 3. The summed E-state index contributed by atoms with van der Waals surface area (Å²) in [7, 11) is 1.75. The van der Waals surface area contributed by atoms with Crippen molar-refractivity contribution in [3.05, 3.63) is 29.6 Å². The van der Waals surface area contributed by atoms with E-state index in [0.717, 1.165) is 31.5 Å². The molecule has 0 amide bonds. The van der Waals surface area contributed by atoms with Crippen molar-refractivity contribution in [1.29, 1.82) is 0 Å². The average Bonchev–Trinajstić information content (AvgIpc) is 2.45. The topological polar surface area (TPSA) is 24.5 Å². The van der Waals surface area contributed by atoms with Crippen molar-refractivity contribution in [1.82, 2.24) is 5.32 Å². The van der Waals surface area contributed by atoms with E-state index in [-0.39, 0.29) is 5.82 Å². The fraction of sp³-hybridized carbons (Fsp3) is 0.625. The van der Waals surface area contributed by atoms with Gasteiger partial charge in [-0.25, -0.2) is 4.39 Å². The first-order chi connectivity index (χ1) is 9.60. The first-order valence-corrected chi connectivity index (χ1v) is 7.39. The molecule has 1 fully saturated rings. The summed E-state index contributed by atoms with van der Waals surface area (Å²) < 4.78 is 19.6. The zero-order valence-corrected chi connectivity index (χ0v) is 12.7. The zero-order valence-electron chi connectivity index (χ0n) is 12.7. The molecular formula is C16H25FN2O. The molecule has 1 N–H and O–H groups in total. The first-order valence-electron chi connectivity index (χ1n) is 7.39. The van der Waals surface area contributed by atoms with Crippen molar-refractivity contribution in [2.24, 2.45) is 0 Å². The van der Waals surface area contributed by atoms with Gasteiger partial charge in [0.2, 0.25) is 0 Å². The summed E-state index contributed by atoms with van der Waals surface area (Å²) in [6, 6.07) is 5.97. The number of halogens is 1. The van der Waals surface area contributed by atoms with Crippen LogP contribution in [0.4, 0.5) is 10.1 Å². The van der Waals surface area contributed by atoms with Gasteiger partial charge in [-0.2, -0.15) is 0 Å². The number of nitrogens with zero attached hydrogens (tertiary/aromatic N) is 1. The van der Waals surface area contributed by atoms with Crippen LogP contribution in [0.2, 0.25) is 0 Å². The monoisotopic (exact) mass is 280 g/mol. The maximum Gasteiger partial charge on any atom is 0.146 e. The van der Waals surface area contributed by atoms with E-state index in [4.69, 9.17) is 4.74 Å². The van der Waals surface area contributed by atoms with Gasteiger partial charge in [-0.1, -0.05) is 19.9 Å². The number of hydrogen-bond donors (Lipinski definition) is 1. The molecule has 0 saturated carbocycles. The molecule has 0 radical (unpaired) electrons. The molecule has 20 heavy (non-hydrogen) atoms. The number of rotatable bonds is 5. The van der Waals surface area contributed by atoms with Gasteiger partial charge in [0, 0.05) is 32.8 Å². The van der Waals surface area contributed by atoms with E-state index in [9.17, 15) is 4.39 Å². The lowest BCUT2D eigenvalue weighted by Gasteiger charge is -2.33. The molecule has 1 aliphatic heterocycles. The summed E-state index contributed by atoms with van der Waals surface area (Å²) >= 11 is 0. The predicted octanol–water partition coefficient (Wildman–Crippen LogP) is 2.94. The predicted molar refractivity (Wildman–Crippen MR) is 80.6 cm³/mol. The normalized spacial score (nSPS) is 16.9. The molecule has 0 spiro atoms. The Morgan fingerprint density at radius 3 is 2.60 bits per heavy atom. The highest BCUT2D eigenvalue weighted by Gasteiger charge is 2.20. The Bertz CT molecular complexity index is 428. The van der Waals surface area contributed by atoms with Crippen LogP contribution < -0.4 is 10.2 Å². The van der Waals surface area contributed by atoms with Crippen LogP contribution in [0.1, 0.15) is 32.3 Å². The van der Waals surface area contributed by atoms with Crippen LogP contribution in [0.5, 0.6) is 0 Å². The third kappa shape index (κ3) is 3.93. The highest BCUT2D eigenvalue weighted by atomic mass is 19.1. The van der Waals surface area contributed by atoms with Crippen molar-refractivity contribution in [2.45, 2.75) is 45.4 Å². The van der Waals surface area contributed by atoms with E-state index in [2.05, 4.69) is 24.1 Å². The van der Waals surface area contributed by atoms with Crippen LogP contribution in [0.3, 0.4) is 0 Å². The number of piperidine rings is 1. The maximum atomic E-state index is 14.2. The van der Waals surface area contributed by atoms with Gasteiger partial charge in [0.05, 0.1) is 11.8 Å². The highest BCUT2D eigenvalue weighted by molar-refractivity contribution is 5.49. The quantitative estimate of drug-likeness (QED) is 0.897. The van der Waals surface area contributed by atoms with Crippen molar-refractivity contribution < 1.29 is 9.13 Å². The molecule has 0 unspecified atom stereocenters. The minimum absolute atomic E-state index is 0.121. The van der Waals surface area contributed by atoms with Crippen LogP contribution in [0, 0.1) is 5.82 Å². The van der Waals surface area contributed by atoms with Gasteiger partial charge in [0.25, 0.3) is 0 Å². The SMILES string of the molecule is COC1CCN(c2ccc(CNC(C)C)cc2F)CC1. The lowest BCUT2D eigenvalue weighted by molar-refractivity contribution is 0.0818. The standard InChI is InChI=1S/C16H25FN2O/c1-12(2)18-11-13-4-5-16(15(17)10-13)19-8-6-14(20-3)7-9-19/h4-5,10,12,14,18H,6-9,11H2,1-3H3. The van der Waals surface area contributed by atoms with Crippen molar-refractivity contribution in [3.8, 4) is 0 Å². The summed E-state index contributed by atoms with van der Waals surface area (Å²) in [5.41, 5.74) is 1.71. The Labute approximate surface area is 121 Å². The second kappa shape index (κ2) is 7.04. The van der Waals surface area contributed by atoms with E-state index in [1.807, 2.05) is 12.1 Å². The van der Waals surface area contributed by atoms with E-state index >= 15 is 0 Å². The second-order valence-corrected chi connectivity index (χ2v) is 5.74. The summed E-state index contributed by atoms with van der Waals surface area (Å²) in [5.74, 6) is -0.121. The molecule has 1 saturated heterocycles. The molecule has 4 heteroatoms. The Morgan fingerprint density at radius 2 is 2.05 bits per heavy atom. The molecule has 0 bridgehead atoms. The first kappa shape index (κ1) is 15.3. The van der Waals surface area contributed by atoms with Crippen molar-refractivity contribution >= 4 is 5.69 Å². The van der Waals surface area contributed by atoms with Gasteiger partial charge >= 0.3 is 0 Å². The van der Waals surface area contributed by atoms with E-state index in [0.29, 0.717) is 24.4 Å². The molecule has 1 heterocycles. The fourth-order valence-electron chi connectivity index (χ4n) is 2.57. The number of anilines is 1. The Balaban J connectivity index is 1.99. The van der Waals surface area contributed by atoms with Gasteiger partial charge < -0.3 is 15.0 Å². The van der Waals surface area contributed by atoms with Gasteiger partial charge in [0.15, 0.2) is 0 Å². The number of ether oxygens (including phenoxy) is 1. The van der Waals surface area contributed by atoms with Gasteiger partial charge in [0.1, 0.15) is 5.82 Å². The number of nitrogens with one attached hydrogen (secondary N) is 1. The van der Waals surface area contributed by atoms with Crippen LogP contribution in [0.15, 0.2) is 18.2 Å². The summed E-state index contributed by atoms with van der Waals surface area (Å²) in [6.45, 7) is 6.61. The van der Waals surface area contributed by atoms with Crippen LogP contribution in [-0.4, -0.2) is 32.3 Å².